The minimum absolute atomic E-state index is 0.131. The van der Waals surface area contributed by atoms with Crippen LogP contribution in [0, 0.1) is 0 Å². The summed E-state index contributed by atoms with van der Waals surface area (Å²) in [7, 11) is 1.30. The van der Waals surface area contributed by atoms with Crippen molar-refractivity contribution in [2.24, 2.45) is 0 Å². The molecule has 0 aromatic heterocycles. The maximum atomic E-state index is 11.6. The lowest BCUT2D eigenvalue weighted by atomic mass is 10.2. The number of carbonyl (C=O) groups excluding carboxylic acids is 3. The molecule has 0 saturated carbocycles. The van der Waals surface area contributed by atoms with E-state index in [1.54, 1.807) is 0 Å². The molecule has 0 bridgehead atoms. The first-order chi connectivity index (χ1) is 7.06. The van der Waals surface area contributed by atoms with E-state index >= 15 is 0 Å². The molecular weight excluding hydrogens is 198 g/mol. The van der Waals surface area contributed by atoms with Crippen molar-refractivity contribution in [1.82, 2.24) is 4.90 Å². The molecule has 0 aromatic carbocycles. The van der Waals surface area contributed by atoms with E-state index in [-0.39, 0.29) is 18.1 Å². The molecule has 0 aromatic rings. The Kier molecular flexibility index (Phi) is 3.82. The van der Waals surface area contributed by atoms with E-state index in [1.807, 2.05) is 0 Å². The summed E-state index contributed by atoms with van der Waals surface area (Å²) in [6, 6.07) is -0.498. The molecule has 1 saturated heterocycles. The van der Waals surface area contributed by atoms with Gasteiger partial charge in [-0.2, -0.15) is 0 Å². The molecule has 5 nitrogen and oxygen atoms in total. The van der Waals surface area contributed by atoms with E-state index < -0.39 is 12.0 Å². The molecular formula is C10H15NO4. The summed E-state index contributed by atoms with van der Waals surface area (Å²) in [4.78, 5) is 35.1. The molecule has 0 spiro atoms. The lowest BCUT2D eigenvalue weighted by Crippen LogP contribution is -2.41. The monoisotopic (exact) mass is 213 g/mol. The maximum absolute atomic E-state index is 11.6. The van der Waals surface area contributed by atoms with E-state index in [9.17, 15) is 14.4 Å². The molecule has 0 unspecified atom stereocenters. The molecule has 1 aliphatic rings. The molecule has 1 heterocycles. The Morgan fingerprint density at radius 3 is 2.60 bits per heavy atom. The third-order valence-corrected chi connectivity index (χ3v) is 2.45. The lowest BCUT2D eigenvalue weighted by Gasteiger charge is -2.21. The normalized spacial score (nSPS) is 20.1. The van der Waals surface area contributed by atoms with E-state index in [2.05, 4.69) is 4.74 Å². The van der Waals surface area contributed by atoms with Gasteiger partial charge in [0.1, 0.15) is 11.8 Å². The van der Waals surface area contributed by atoms with E-state index in [1.165, 1.54) is 18.9 Å². The third kappa shape index (κ3) is 2.78. The lowest BCUT2D eigenvalue weighted by molar-refractivity contribution is -0.151. The van der Waals surface area contributed by atoms with Gasteiger partial charge in [0.15, 0.2) is 0 Å². The fraction of sp³-hybridized carbons (Fsp3) is 0.700. The zero-order valence-corrected chi connectivity index (χ0v) is 8.99. The average Bonchev–Trinajstić information content (AvgIpc) is 2.63. The molecule has 0 N–H and O–H groups in total. The quantitative estimate of drug-likeness (QED) is 0.493. The zero-order valence-electron chi connectivity index (χ0n) is 8.99. The molecule has 1 aliphatic heterocycles. The second-order valence-electron chi connectivity index (χ2n) is 3.65. The molecule has 1 fully saturated rings. The van der Waals surface area contributed by atoms with Gasteiger partial charge >= 0.3 is 5.97 Å². The van der Waals surface area contributed by atoms with Crippen LogP contribution < -0.4 is 0 Å². The standard InChI is InChI=1S/C10H15NO4/c1-7(12)6-9(13)11-5-3-4-8(11)10(14)15-2/h8H,3-6H2,1-2H3/t8-/m0/s1. The fourth-order valence-electron chi connectivity index (χ4n) is 1.76. The van der Waals surface area contributed by atoms with Crippen LogP contribution >= 0.6 is 0 Å². The molecule has 1 atom stereocenters. The van der Waals surface area contributed by atoms with Crippen LogP contribution in [0.5, 0.6) is 0 Å². The average molecular weight is 213 g/mol. The number of Topliss-reactive ketones (excluding diaryl/α,β-unsaturated/α-hetero) is 1. The van der Waals surface area contributed by atoms with Gasteiger partial charge in [-0.15, -0.1) is 0 Å². The van der Waals surface area contributed by atoms with Crippen LogP contribution in [-0.2, 0) is 19.1 Å². The zero-order chi connectivity index (χ0) is 11.4. The number of hydrogen-bond acceptors (Lipinski definition) is 4. The second-order valence-corrected chi connectivity index (χ2v) is 3.65. The molecule has 84 valence electrons. The number of esters is 1. The van der Waals surface area contributed by atoms with Crippen LogP contribution in [0.15, 0.2) is 0 Å². The van der Waals surface area contributed by atoms with Crippen molar-refractivity contribution in [3.63, 3.8) is 0 Å². The van der Waals surface area contributed by atoms with E-state index in [4.69, 9.17) is 0 Å². The first kappa shape index (κ1) is 11.7. The Morgan fingerprint density at radius 2 is 2.07 bits per heavy atom. The highest BCUT2D eigenvalue weighted by molar-refractivity contribution is 5.98. The Bertz CT molecular complexity index is 287. The topological polar surface area (TPSA) is 63.7 Å². The summed E-state index contributed by atoms with van der Waals surface area (Å²) in [6.45, 7) is 1.90. The summed E-state index contributed by atoms with van der Waals surface area (Å²) in [5, 5.41) is 0. The number of likely N-dealkylation sites (tertiary alicyclic amines) is 1. The van der Waals surface area contributed by atoms with Gasteiger partial charge in [-0.25, -0.2) is 4.79 Å². The number of amides is 1. The number of hydrogen-bond donors (Lipinski definition) is 0. The summed E-state index contributed by atoms with van der Waals surface area (Å²) in [5.74, 6) is -0.865. The number of ether oxygens (including phenoxy) is 1. The van der Waals surface area contributed by atoms with E-state index in [0.717, 1.165) is 6.42 Å². The van der Waals surface area contributed by atoms with Gasteiger partial charge in [-0.3, -0.25) is 9.59 Å². The van der Waals surface area contributed by atoms with Gasteiger partial charge in [0.2, 0.25) is 5.91 Å². The number of nitrogens with zero attached hydrogens (tertiary/aromatic N) is 1. The van der Waals surface area contributed by atoms with Gasteiger partial charge in [-0.1, -0.05) is 0 Å². The highest BCUT2D eigenvalue weighted by atomic mass is 16.5. The van der Waals surface area contributed by atoms with Crippen LogP contribution in [0.3, 0.4) is 0 Å². The largest absolute Gasteiger partial charge is 0.467 e. The van der Waals surface area contributed by atoms with Crippen LogP contribution in [0.2, 0.25) is 0 Å². The number of rotatable bonds is 3. The van der Waals surface area contributed by atoms with Crippen molar-refractivity contribution in [1.29, 1.82) is 0 Å². The molecule has 0 radical (unpaired) electrons. The molecule has 15 heavy (non-hydrogen) atoms. The highest BCUT2D eigenvalue weighted by Gasteiger charge is 2.34. The summed E-state index contributed by atoms with van der Waals surface area (Å²) < 4.78 is 4.60. The SMILES string of the molecule is COC(=O)[C@@H]1CCCN1C(=O)CC(C)=O. The number of ketones is 1. The van der Waals surface area contributed by atoms with Crippen molar-refractivity contribution in [2.45, 2.75) is 32.2 Å². The maximum Gasteiger partial charge on any atom is 0.328 e. The van der Waals surface area contributed by atoms with Gasteiger partial charge < -0.3 is 9.64 Å². The number of methoxy groups -OCH3 is 1. The van der Waals surface area contributed by atoms with Crippen molar-refractivity contribution in [2.75, 3.05) is 13.7 Å². The van der Waals surface area contributed by atoms with Gasteiger partial charge in [-0.05, 0) is 19.8 Å². The van der Waals surface area contributed by atoms with Crippen molar-refractivity contribution < 1.29 is 19.1 Å². The van der Waals surface area contributed by atoms with E-state index in [0.29, 0.717) is 13.0 Å². The minimum Gasteiger partial charge on any atom is -0.467 e. The second kappa shape index (κ2) is 4.91. The summed E-state index contributed by atoms with van der Waals surface area (Å²) in [5.41, 5.74) is 0. The predicted octanol–water partition coefficient (Wildman–Crippen LogP) is 0.129. The Morgan fingerprint density at radius 1 is 1.40 bits per heavy atom. The fourth-order valence-corrected chi connectivity index (χ4v) is 1.76. The van der Waals surface area contributed by atoms with Crippen LogP contribution in [-0.4, -0.2) is 42.3 Å². The summed E-state index contributed by atoms with van der Waals surface area (Å²) in [6.07, 6.45) is 1.27. The third-order valence-electron chi connectivity index (χ3n) is 2.45. The minimum atomic E-state index is -0.498. The van der Waals surface area contributed by atoms with Gasteiger partial charge in [0.25, 0.3) is 0 Å². The highest BCUT2D eigenvalue weighted by Crippen LogP contribution is 2.19. The Hall–Kier alpha value is -1.39. The summed E-state index contributed by atoms with van der Waals surface area (Å²) >= 11 is 0. The number of carbonyl (C=O) groups is 3. The van der Waals surface area contributed by atoms with Gasteiger partial charge in [0.05, 0.1) is 13.5 Å². The van der Waals surface area contributed by atoms with Crippen molar-refractivity contribution in [3.8, 4) is 0 Å². The Labute approximate surface area is 88.4 Å². The smallest absolute Gasteiger partial charge is 0.328 e. The van der Waals surface area contributed by atoms with Crippen LogP contribution in [0.25, 0.3) is 0 Å². The van der Waals surface area contributed by atoms with Crippen LogP contribution in [0.1, 0.15) is 26.2 Å². The first-order valence-electron chi connectivity index (χ1n) is 4.93. The molecule has 1 rings (SSSR count). The molecule has 1 amide bonds. The van der Waals surface area contributed by atoms with Crippen molar-refractivity contribution in [3.05, 3.63) is 0 Å². The Balaban J connectivity index is 2.63. The first-order valence-corrected chi connectivity index (χ1v) is 4.93. The van der Waals surface area contributed by atoms with Gasteiger partial charge in [0, 0.05) is 6.54 Å². The predicted molar refractivity (Wildman–Crippen MR) is 52.0 cm³/mol. The molecule has 0 aliphatic carbocycles. The van der Waals surface area contributed by atoms with Crippen molar-refractivity contribution >= 4 is 17.7 Å². The van der Waals surface area contributed by atoms with Crippen LogP contribution in [0.4, 0.5) is 0 Å². The molecule has 5 heteroatoms.